The van der Waals surface area contributed by atoms with Crippen molar-refractivity contribution in [1.82, 2.24) is 29.3 Å². The van der Waals surface area contributed by atoms with E-state index >= 15 is 4.39 Å². The van der Waals surface area contributed by atoms with Crippen LogP contribution in [0.1, 0.15) is 17.8 Å². The van der Waals surface area contributed by atoms with Gasteiger partial charge >= 0.3 is 12.1 Å². The van der Waals surface area contributed by atoms with Crippen LogP contribution in [0.2, 0.25) is 0 Å². The van der Waals surface area contributed by atoms with E-state index in [1.165, 1.54) is 29.2 Å². The zero-order valence-corrected chi connectivity index (χ0v) is 23.9. The van der Waals surface area contributed by atoms with Gasteiger partial charge in [0, 0.05) is 39.4 Å². The Kier molecular flexibility index (Phi) is 7.65. The van der Waals surface area contributed by atoms with Crippen LogP contribution >= 0.6 is 0 Å². The molecule has 2 aliphatic heterocycles. The molecule has 2 amide bonds. The van der Waals surface area contributed by atoms with Crippen molar-refractivity contribution in [1.29, 1.82) is 0 Å². The van der Waals surface area contributed by atoms with E-state index < -0.39 is 36.0 Å². The summed E-state index contributed by atoms with van der Waals surface area (Å²) in [5.74, 6) is -1.98. The molecule has 2 aromatic carbocycles. The minimum absolute atomic E-state index is 0.0314. The number of amides is 2. The Morgan fingerprint density at radius 3 is 2.67 bits per heavy atom. The quantitative estimate of drug-likeness (QED) is 0.354. The number of nitrogens with zero attached hydrogens (tertiary/aromatic N) is 6. The van der Waals surface area contributed by atoms with E-state index in [1.54, 1.807) is 18.5 Å². The second-order valence-corrected chi connectivity index (χ2v) is 10.7. The Morgan fingerprint density at radius 1 is 1.12 bits per heavy atom. The van der Waals surface area contributed by atoms with Crippen LogP contribution in [0.3, 0.4) is 0 Å². The summed E-state index contributed by atoms with van der Waals surface area (Å²) in [6.45, 7) is 2.12. The molecule has 2 aromatic heterocycles. The zero-order chi connectivity index (χ0) is 30.2. The van der Waals surface area contributed by atoms with Gasteiger partial charge in [0.2, 0.25) is 5.91 Å². The smallest absolute Gasteiger partial charge is 0.410 e. The second kappa shape index (κ2) is 11.6. The highest BCUT2D eigenvalue weighted by Crippen LogP contribution is 2.34. The van der Waals surface area contributed by atoms with E-state index in [2.05, 4.69) is 15.0 Å². The van der Waals surface area contributed by atoms with Gasteiger partial charge in [-0.3, -0.25) is 9.69 Å². The normalized spacial score (nSPS) is 20.5. The van der Waals surface area contributed by atoms with Crippen LogP contribution in [0.5, 0.6) is 6.01 Å². The number of fused-ring (bicyclic) bond motifs is 5. The number of likely N-dealkylation sites (N-methyl/N-ethyl adjacent to an activating group) is 1. The third-order valence-corrected chi connectivity index (χ3v) is 7.84. The van der Waals surface area contributed by atoms with Crippen molar-refractivity contribution in [3.8, 4) is 17.3 Å². The number of methoxy groups -OCH3 is 1. The number of aromatic nitrogens is 4. The highest BCUT2D eigenvalue weighted by Gasteiger charge is 2.43. The molecule has 0 spiro atoms. The Morgan fingerprint density at radius 2 is 1.91 bits per heavy atom. The molecule has 0 aliphatic carbocycles. The van der Waals surface area contributed by atoms with Crippen LogP contribution in [0, 0.1) is 18.6 Å². The topological polar surface area (TPSA) is 112 Å². The molecule has 2 aliphatic rings. The van der Waals surface area contributed by atoms with Gasteiger partial charge in [0.25, 0.3) is 0 Å². The van der Waals surface area contributed by atoms with Crippen LogP contribution < -0.4 is 4.74 Å². The maximum Gasteiger partial charge on any atom is 0.410 e. The molecule has 43 heavy (non-hydrogen) atoms. The molecule has 0 radical (unpaired) electrons. The SMILES string of the molecule is CO[C@H]1CN(C)C(=O)[C@@H]2C[C@@H](CN2C(=O)OCc2ccccc2)Oc2nccc(n2)-c2c(F)c(F)cc3nc(C)n(c23)C1. The van der Waals surface area contributed by atoms with E-state index in [0.29, 0.717) is 11.3 Å². The Bertz CT molecular complexity index is 1680. The first-order valence-electron chi connectivity index (χ1n) is 13.8. The van der Waals surface area contributed by atoms with Crippen molar-refractivity contribution in [3.05, 3.63) is 71.7 Å². The first kappa shape index (κ1) is 28.5. The minimum atomic E-state index is -1.09. The number of rotatable bonds is 3. The van der Waals surface area contributed by atoms with Crippen molar-refractivity contribution in [2.75, 3.05) is 27.2 Å². The predicted octanol–water partition coefficient (Wildman–Crippen LogP) is 3.73. The predicted molar refractivity (Wildman–Crippen MR) is 150 cm³/mol. The number of aryl methyl sites for hydroxylation is 1. The summed E-state index contributed by atoms with van der Waals surface area (Å²) in [7, 11) is 3.13. The van der Waals surface area contributed by atoms with Crippen molar-refractivity contribution in [2.24, 2.45) is 0 Å². The molecule has 1 saturated heterocycles. The molecular weight excluding hydrogens is 562 g/mol. The van der Waals surface area contributed by atoms with Gasteiger partial charge in [0.1, 0.15) is 24.6 Å². The number of likely N-dealkylation sites (tertiary alicyclic amines) is 1. The van der Waals surface area contributed by atoms with Gasteiger partial charge in [-0.05, 0) is 18.6 Å². The molecule has 6 rings (SSSR count). The van der Waals surface area contributed by atoms with E-state index in [4.69, 9.17) is 14.2 Å². The fraction of sp³-hybridized carbons (Fsp3) is 0.367. The number of carbonyl (C=O) groups excluding carboxylic acids is 2. The molecular formula is C30H30F2N6O5. The van der Waals surface area contributed by atoms with Gasteiger partial charge in [0.05, 0.1) is 41.5 Å². The van der Waals surface area contributed by atoms with E-state index in [9.17, 15) is 14.0 Å². The second-order valence-electron chi connectivity index (χ2n) is 10.7. The molecule has 224 valence electrons. The molecule has 4 bridgehead atoms. The third kappa shape index (κ3) is 5.47. The van der Waals surface area contributed by atoms with E-state index in [1.807, 2.05) is 30.3 Å². The number of ether oxygens (including phenoxy) is 3. The first-order chi connectivity index (χ1) is 20.7. The van der Waals surface area contributed by atoms with Gasteiger partial charge < -0.3 is 23.7 Å². The number of hydrogen-bond acceptors (Lipinski definition) is 8. The van der Waals surface area contributed by atoms with Crippen LogP contribution in [-0.4, -0.2) is 86.8 Å². The van der Waals surface area contributed by atoms with E-state index in [0.717, 1.165) is 11.6 Å². The number of hydrogen-bond donors (Lipinski definition) is 0. The van der Waals surface area contributed by atoms with E-state index in [-0.39, 0.29) is 61.4 Å². The molecule has 1 fully saturated rings. The lowest BCUT2D eigenvalue weighted by atomic mass is 10.1. The summed E-state index contributed by atoms with van der Waals surface area (Å²) in [4.78, 5) is 42.9. The Balaban J connectivity index is 1.40. The maximum atomic E-state index is 15.5. The maximum absolute atomic E-state index is 15.5. The van der Waals surface area contributed by atoms with Gasteiger partial charge in [-0.2, -0.15) is 4.98 Å². The summed E-state index contributed by atoms with van der Waals surface area (Å²) < 4.78 is 49.4. The molecule has 0 N–H and O–H groups in total. The first-order valence-corrected chi connectivity index (χ1v) is 13.8. The minimum Gasteiger partial charge on any atom is -0.458 e. The highest BCUT2D eigenvalue weighted by atomic mass is 19.2. The molecule has 11 nitrogen and oxygen atoms in total. The number of imidazole rings is 1. The summed E-state index contributed by atoms with van der Waals surface area (Å²) in [5, 5.41) is 0. The molecule has 0 unspecified atom stereocenters. The van der Waals surface area contributed by atoms with Gasteiger partial charge in [0.15, 0.2) is 11.6 Å². The van der Waals surface area contributed by atoms with Crippen molar-refractivity contribution in [3.63, 3.8) is 0 Å². The molecule has 4 aromatic rings. The Labute approximate surface area is 246 Å². The fourth-order valence-electron chi connectivity index (χ4n) is 5.68. The lowest BCUT2D eigenvalue weighted by molar-refractivity contribution is -0.136. The average Bonchev–Trinajstić information content (AvgIpc) is 3.56. The summed E-state index contributed by atoms with van der Waals surface area (Å²) in [6, 6.07) is 10.7. The lowest BCUT2D eigenvalue weighted by Crippen LogP contribution is -2.49. The standard InChI is InChI=1S/C30H30F2N6O5/c1-17-34-23-12-21(31)26(32)25-22-9-10-33-29(35-22)43-19-11-24(28(39)36(2)13-20(41-3)15-37(17)27(23)25)38(14-19)30(40)42-16-18-7-5-4-6-8-18/h4-10,12,19-20,24H,11,13-16H2,1-3H3/t19-,20-,24-/m0/s1. The summed E-state index contributed by atoms with van der Waals surface area (Å²) in [6.07, 6.45) is -0.353. The molecule has 13 heteroatoms. The van der Waals surface area contributed by atoms with Crippen molar-refractivity contribution >= 4 is 23.0 Å². The summed E-state index contributed by atoms with van der Waals surface area (Å²) >= 11 is 0. The van der Waals surface area contributed by atoms with Crippen molar-refractivity contribution < 1.29 is 32.6 Å². The van der Waals surface area contributed by atoms with Crippen LogP contribution in [0.15, 0.2) is 48.7 Å². The van der Waals surface area contributed by atoms with Crippen LogP contribution in [0.25, 0.3) is 22.3 Å². The van der Waals surface area contributed by atoms with Gasteiger partial charge in [-0.1, -0.05) is 30.3 Å². The summed E-state index contributed by atoms with van der Waals surface area (Å²) in [5.41, 5.74) is 1.39. The number of halogens is 2. The molecule has 0 saturated carbocycles. The molecule has 3 atom stereocenters. The Hall–Kier alpha value is -4.65. The number of benzene rings is 2. The van der Waals surface area contributed by atoms with Crippen LogP contribution in [-0.2, 0) is 27.4 Å². The number of carbonyl (C=O) groups is 2. The highest BCUT2D eigenvalue weighted by molar-refractivity contribution is 5.92. The fourth-order valence-corrected chi connectivity index (χ4v) is 5.68. The van der Waals surface area contributed by atoms with Gasteiger partial charge in [-0.15, -0.1) is 0 Å². The zero-order valence-electron chi connectivity index (χ0n) is 23.9. The molecule has 4 heterocycles. The largest absolute Gasteiger partial charge is 0.458 e. The van der Waals surface area contributed by atoms with Crippen LogP contribution in [0.4, 0.5) is 13.6 Å². The van der Waals surface area contributed by atoms with Gasteiger partial charge in [-0.25, -0.2) is 23.5 Å². The monoisotopic (exact) mass is 592 g/mol. The lowest BCUT2D eigenvalue weighted by Gasteiger charge is -2.29. The third-order valence-electron chi connectivity index (χ3n) is 7.84. The average molecular weight is 593 g/mol. The van der Waals surface area contributed by atoms with Crippen molar-refractivity contribution in [2.45, 2.75) is 44.7 Å².